The van der Waals surface area contributed by atoms with Crippen LogP contribution in [-0.4, -0.2) is 23.5 Å². The van der Waals surface area contributed by atoms with Crippen LogP contribution in [-0.2, 0) is 4.74 Å². The number of aromatic hydroxyl groups is 1. The Bertz CT molecular complexity index is 515. The van der Waals surface area contributed by atoms with Gasteiger partial charge in [0.05, 0.1) is 6.10 Å². The summed E-state index contributed by atoms with van der Waals surface area (Å²) in [5.41, 5.74) is 0.571. The number of para-hydroxylation sites is 1. The molecule has 0 heterocycles. The number of carbonyl (C=O) groups is 1. The second-order valence-corrected chi connectivity index (χ2v) is 6.76. The Hall–Kier alpha value is -1.75. The summed E-state index contributed by atoms with van der Waals surface area (Å²) in [5.74, 6) is -0.214. The number of methoxy groups -OCH3 is 1. The maximum absolute atomic E-state index is 10.7. The summed E-state index contributed by atoms with van der Waals surface area (Å²) < 4.78 is 10.1. The van der Waals surface area contributed by atoms with E-state index in [1.54, 1.807) is 19.2 Å². The van der Waals surface area contributed by atoms with Gasteiger partial charge in [-0.05, 0) is 12.5 Å². The lowest BCUT2D eigenvalue weighted by Crippen LogP contribution is -2.06. The van der Waals surface area contributed by atoms with Crippen molar-refractivity contribution in [3.05, 3.63) is 23.8 Å². The zero-order valence-electron chi connectivity index (χ0n) is 16.2. The van der Waals surface area contributed by atoms with Crippen LogP contribution in [0.5, 0.6) is 11.5 Å². The Balaban J connectivity index is 2.32. The maximum atomic E-state index is 10.7. The fourth-order valence-corrected chi connectivity index (χ4v) is 3.19. The number of phenolic OH excluding ortho intramolecular Hbond substituents is 1. The molecule has 0 fully saturated rings. The van der Waals surface area contributed by atoms with Crippen LogP contribution in [0, 0.1) is 0 Å². The molecule has 0 saturated heterocycles. The van der Waals surface area contributed by atoms with Crippen LogP contribution in [0.3, 0.4) is 0 Å². The van der Waals surface area contributed by atoms with Gasteiger partial charge in [0.25, 0.3) is 0 Å². The molecule has 5 heteroatoms. The van der Waals surface area contributed by atoms with Crippen molar-refractivity contribution < 1.29 is 24.5 Å². The fourth-order valence-electron chi connectivity index (χ4n) is 3.19. The third-order valence-corrected chi connectivity index (χ3v) is 4.68. The Kier molecular flexibility index (Phi) is 11.5. The number of benzene rings is 1. The first kappa shape index (κ1) is 22.3. The lowest BCUT2D eigenvalue weighted by molar-refractivity contribution is 0.0901. The molecule has 0 saturated carbocycles. The van der Waals surface area contributed by atoms with Gasteiger partial charge >= 0.3 is 6.16 Å². The van der Waals surface area contributed by atoms with Gasteiger partial charge < -0.3 is 19.7 Å². The van der Waals surface area contributed by atoms with E-state index >= 15 is 0 Å². The van der Waals surface area contributed by atoms with Crippen LogP contribution < -0.4 is 4.74 Å². The average molecular weight is 366 g/mol. The van der Waals surface area contributed by atoms with Crippen LogP contribution in [0.4, 0.5) is 4.79 Å². The third-order valence-electron chi connectivity index (χ3n) is 4.68. The van der Waals surface area contributed by atoms with E-state index in [-0.39, 0.29) is 17.6 Å². The average Bonchev–Trinajstić information content (AvgIpc) is 2.62. The van der Waals surface area contributed by atoms with Crippen LogP contribution in [0.15, 0.2) is 18.2 Å². The van der Waals surface area contributed by atoms with Gasteiger partial charge in [-0.25, -0.2) is 4.79 Å². The molecule has 1 aromatic rings. The molecule has 2 N–H and O–H groups in total. The molecular formula is C21H34O5. The van der Waals surface area contributed by atoms with Crippen molar-refractivity contribution in [2.24, 2.45) is 0 Å². The van der Waals surface area contributed by atoms with E-state index in [1.807, 2.05) is 0 Å². The molecule has 0 aliphatic carbocycles. The van der Waals surface area contributed by atoms with Crippen molar-refractivity contribution in [3.8, 4) is 11.5 Å². The lowest BCUT2D eigenvalue weighted by Gasteiger charge is -2.18. The number of phenols is 1. The van der Waals surface area contributed by atoms with Crippen molar-refractivity contribution in [1.82, 2.24) is 0 Å². The molecule has 1 atom stereocenters. The van der Waals surface area contributed by atoms with E-state index in [2.05, 4.69) is 11.7 Å². The predicted molar refractivity (Wildman–Crippen MR) is 103 cm³/mol. The minimum atomic E-state index is -1.44. The molecular weight excluding hydrogens is 332 g/mol. The summed E-state index contributed by atoms with van der Waals surface area (Å²) in [7, 11) is 1.60. The molecule has 1 unspecified atom stereocenters. The molecule has 0 radical (unpaired) electrons. The summed E-state index contributed by atoms with van der Waals surface area (Å²) in [6.07, 6.45) is 11.7. The van der Waals surface area contributed by atoms with E-state index in [0.29, 0.717) is 5.56 Å². The first-order chi connectivity index (χ1) is 12.6. The maximum Gasteiger partial charge on any atom is 0.511 e. The lowest BCUT2D eigenvalue weighted by atomic mass is 10.00. The van der Waals surface area contributed by atoms with E-state index < -0.39 is 6.16 Å². The Morgan fingerprint density at radius 3 is 2.12 bits per heavy atom. The zero-order valence-corrected chi connectivity index (χ0v) is 16.2. The van der Waals surface area contributed by atoms with Gasteiger partial charge in [0.1, 0.15) is 0 Å². The van der Waals surface area contributed by atoms with Gasteiger partial charge in [-0.15, -0.1) is 0 Å². The summed E-state index contributed by atoms with van der Waals surface area (Å²) >= 11 is 0. The van der Waals surface area contributed by atoms with E-state index in [1.165, 1.54) is 57.4 Å². The molecule has 0 aliphatic heterocycles. The monoisotopic (exact) mass is 366 g/mol. The SMILES string of the molecule is CCCCCCCCCCCCC(OC)c1cccc(OC(=O)O)c1O. The number of hydrogen-bond acceptors (Lipinski definition) is 4. The van der Waals surface area contributed by atoms with Gasteiger partial charge in [0.2, 0.25) is 0 Å². The number of unbranched alkanes of at least 4 members (excludes halogenated alkanes) is 9. The number of carboxylic acid groups (broad SMARTS) is 1. The number of ether oxygens (including phenoxy) is 2. The molecule has 0 amide bonds. The highest BCUT2D eigenvalue weighted by molar-refractivity contribution is 5.63. The molecule has 1 rings (SSSR count). The summed E-state index contributed by atoms with van der Waals surface area (Å²) in [4.78, 5) is 10.7. The van der Waals surface area contributed by atoms with Crippen LogP contribution >= 0.6 is 0 Å². The molecule has 1 aromatic carbocycles. The number of rotatable bonds is 14. The van der Waals surface area contributed by atoms with Crippen LogP contribution in [0.1, 0.15) is 89.2 Å². The second-order valence-electron chi connectivity index (χ2n) is 6.76. The molecule has 0 spiro atoms. The molecule has 0 bridgehead atoms. The van der Waals surface area contributed by atoms with Gasteiger partial charge in [0.15, 0.2) is 11.5 Å². The Morgan fingerprint density at radius 2 is 1.58 bits per heavy atom. The highest BCUT2D eigenvalue weighted by Gasteiger charge is 2.18. The Labute approximate surface area is 157 Å². The smallest absolute Gasteiger partial charge is 0.504 e. The van der Waals surface area contributed by atoms with E-state index in [4.69, 9.17) is 9.84 Å². The van der Waals surface area contributed by atoms with E-state index in [0.717, 1.165) is 19.3 Å². The van der Waals surface area contributed by atoms with Crippen LogP contribution in [0.2, 0.25) is 0 Å². The van der Waals surface area contributed by atoms with Crippen molar-refractivity contribution >= 4 is 6.16 Å². The molecule has 0 aromatic heterocycles. The van der Waals surface area contributed by atoms with Crippen molar-refractivity contribution in [2.45, 2.75) is 83.7 Å². The van der Waals surface area contributed by atoms with E-state index in [9.17, 15) is 9.90 Å². The normalized spacial score (nSPS) is 12.1. The van der Waals surface area contributed by atoms with Gasteiger partial charge in [-0.1, -0.05) is 83.3 Å². The zero-order chi connectivity index (χ0) is 19.2. The molecule has 26 heavy (non-hydrogen) atoms. The number of hydrogen-bond donors (Lipinski definition) is 2. The minimum Gasteiger partial charge on any atom is -0.504 e. The largest absolute Gasteiger partial charge is 0.511 e. The van der Waals surface area contributed by atoms with Gasteiger partial charge in [-0.2, -0.15) is 0 Å². The molecule has 5 nitrogen and oxygen atoms in total. The third kappa shape index (κ3) is 8.56. The van der Waals surface area contributed by atoms with Crippen molar-refractivity contribution in [3.63, 3.8) is 0 Å². The first-order valence-electron chi connectivity index (χ1n) is 9.85. The molecule has 0 aliphatic rings. The molecule has 148 valence electrons. The highest BCUT2D eigenvalue weighted by atomic mass is 16.7. The van der Waals surface area contributed by atoms with Gasteiger partial charge in [-0.3, -0.25) is 0 Å². The van der Waals surface area contributed by atoms with Gasteiger partial charge in [0, 0.05) is 12.7 Å². The Morgan fingerprint density at radius 1 is 1.00 bits per heavy atom. The van der Waals surface area contributed by atoms with Crippen molar-refractivity contribution in [2.75, 3.05) is 7.11 Å². The predicted octanol–water partition coefficient (Wildman–Crippen LogP) is 6.45. The minimum absolute atomic E-state index is 0.0554. The quantitative estimate of drug-likeness (QED) is 0.225. The standard InChI is InChI=1S/C21H34O5/c1-3-4-5-6-7-8-9-10-11-12-15-18(25-2)17-14-13-16-19(20(17)22)26-21(23)24/h13-14,16,18,22H,3-12,15H2,1-2H3,(H,23,24). The second kappa shape index (κ2) is 13.5. The summed E-state index contributed by atoms with van der Waals surface area (Å²) in [5, 5.41) is 19.0. The van der Waals surface area contributed by atoms with Crippen molar-refractivity contribution in [1.29, 1.82) is 0 Å². The summed E-state index contributed by atoms with van der Waals surface area (Å²) in [6, 6.07) is 4.84. The fraction of sp³-hybridized carbons (Fsp3) is 0.667. The summed E-state index contributed by atoms with van der Waals surface area (Å²) in [6.45, 7) is 2.24. The highest BCUT2D eigenvalue weighted by Crippen LogP contribution is 2.37. The first-order valence-corrected chi connectivity index (χ1v) is 9.85. The topological polar surface area (TPSA) is 76.0 Å². The van der Waals surface area contributed by atoms with Crippen LogP contribution in [0.25, 0.3) is 0 Å².